The maximum atomic E-state index is 13.7. The molecule has 32 heavy (non-hydrogen) atoms. The number of rotatable bonds is 6. The topological polar surface area (TPSA) is 66.4 Å². The Morgan fingerprint density at radius 3 is 2.28 bits per heavy atom. The molecule has 0 atom stereocenters. The molecule has 1 fully saturated rings. The largest absolute Gasteiger partial charge is 0.354 e. The third kappa shape index (κ3) is 5.14. The molecule has 0 amide bonds. The summed E-state index contributed by atoms with van der Waals surface area (Å²) >= 11 is 0. The molecule has 2 heterocycles. The number of aromatic nitrogens is 2. The molecule has 168 valence electrons. The van der Waals surface area contributed by atoms with Crippen molar-refractivity contribution in [1.29, 1.82) is 0 Å². The van der Waals surface area contributed by atoms with Crippen LogP contribution in [0.15, 0.2) is 54.6 Å². The number of hydrogen-bond donors (Lipinski definition) is 0. The lowest BCUT2D eigenvalue weighted by atomic mass is 10.0. The zero-order chi connectivity index (χ0) is 22.7. The second-order valence-corrected chi connectivity index (χ2v) is 10.1. The summed E-state index contributed by atoms with van der Waals surface area (Å²) in [5.41, 5.74) is 3.44. The molecule has 0 spiro atoms. The molecule has 1 aromatic heterocycles. The van der Waals surface area contributed by atoms with E-state index in [2.05, 4.69) is 14.9 Å². The van der Waals surface area contributed by atoms with E-state index in [-0.39, 0.29) is 11.6 Å². The van der Waals surface area contributed by atoms with E-state index in [0.29, 0.717) is 38.4 Å². The summed E-state index contributed by atoms with van der Waals surface area (Å²) in [5.74, 6) is 1.20. The van der Waals surface area contributed by atoms with E-state index < -0.39 is 10.0 Å². The van der Waals surface area contributed by atoms with Gasteiger partial charge in [0.15, 0.2) is 0 Å². The molecule has 1 aliphatic rings. The fraction of sp³-hybridized carbons (Fsp3) is 0.333. The van der Waals surface area contributed by atoms with Crippen molar-refractivity contribution in [1.82, 2.24) is 14.3 Å². The van der Waals surface area contributed by atoms with Gasteiger partial charge in [-0.25, -0.2) is 22.8 Å². The predicted octanol–water partition coefficient (Wildman–Crippen LogP) is 3.48. The van der Waals surface area contributed by atoms with Gasteiger partial charge in [0.05, 0.1) is 5.75 Å². The SMILES string of the molecule is Cc1nc(C)c(Cc2cccc(F)c2)c(N2CCN(S(=O)(=O)Cc3ccccc3)CC2)n1. The van der Waals surface area contributed by atoms with Gasteiger partial charge < -0.3 is 4.90 Å². The molecule has 0 N–H and O–H groups in total. The molecule has 0 bridgehead atoms. The van der Waals surface area contributed by atoms with Crippen molar-refractivity contribution in [2.24, 2.45) is 0 Å². The number of aryl methyl sites for hydroxylation is 2. The average molecular weight is 455 g/mol. The fourth-order valence-corrected chi connectivity index (χ4v) is 5.61. The Hall–Kier alpha value is -2.84. The van der Waals surface area contributed by atoms with E-state index in [9.17, 15) is 12.8 Å². The fourth-order valence-electron chi connectivity index (χ4n) is 4.09. The van der Waals surface area contributed by atoms with Crippen LogP contribution < -0.4 is 4.90 Å². The number of anilines is 1. The Balaban J connectivity index is 1.52. The highest BCUT2D eigenvalue weighted by Crippen LogP contribution is 2.26. The van der Waals surface area contributed by atoms with Gasteiger partial charge in [0.25, 0.3) is 0 Å². The lowest BCUT2D eigenvalue weighted by Crippen LogP contribution is -2.49. The van der Waals surface area contributed by atoms with E-state index >= 15 is 0 Å². The lowest BCUT2D eigenvalue weighted by molar-refractivity contribution is 0.383. The Labute approximate surface area is 188 Å². The summed E-state index contributed by atoms with van der Waals surface area (Å²) in [5, 5.41) is 0. The predicted molar refractivity (Wildman–Crippen MR) is 124 cm³/mol. The summed E-state index contributed by atoms with van der Waals surface area (Å²) in [6.45, 7) is 5.67. The van der Waals surface area contributed by atoms with Gasteiger partial charge >= 0.3 is 0 Å². The number of halogens is 1. The third-order valence-electron chi connectivity index (χ3n) is 5.70. The second-order valence-electron chi connectivity index (χ2n) is 8.09. The Bertz CT molecular complexity index is 1190. The minimum atomic E-state index is -3.39. The van der Waals surface area contributed by atoms with E-state index in [1.807, 2.05) is 50.2 Å². The van der Waals surface area contributed by atoms with Crippen LogP contribution in [0.25, 0.3) is 0 Å². The minimum Gasteiger partial charge on any atom is -0.354 e. The van der Waals surface area contributed by atoms with E-state index in [0.717, 1.165) is 28.2 Å². The Morgan fingerprint density at radius 1 is 0.906 bits per heavy atom. The minimum absolute atomic E-state index is 0.00435. The maximum Gasteiger partial charge on any atom is 0.218 e. The molecular formula is C24H27FN4O2S. The quantitative estimate of drug-likeness (QED) is 0.571. The van der Waals surface area contributed by atoms with Crippen LogP contribution in [0, 0.1) is 19.7 Å². The van der Waals surface area contributed by atoms with Crippen LogP contribution in [0.1, 0.15) is 28.2 Å². The van der Waals surface area contributed by atoms with Crippen LogP contribution >= 0.6 is 0 Å². The summed E-state index contributed by atoms with van der Waals surface area (Å²) < 4.78 is 41.0. The molecule has 0 saturated carbocycles. The normalized spacial score (nSPS) is 15.2. The summed E-state index contributed by atoms with van der Waals surface area (Å²) in [7, 11) is -3.39. The molecule has 4 rings (SSSR count). The zero-order valence-electron chi connectivity index (χ0n) is 18.3. The van der Waals surface area contributed by atoms with Crippen molar-refractivity contribution in [3.8, 4) is 0 Å². The lowest BCUT2D eigenvalue weighted by Gasteiger charge is -2.36. The van der Waals surface area contributed by atoms with Crippen LogP contribution in [0.5, 0.6) is 0 Å². The van der Waals surface area contributed by atoms with Crippen molar-refractivity contribution < 1.29 is 12.8 Å². The molecular weight excluding hydrogens is 427 g/mol. The second kappa shape index (κ2) is 9.34. The van der Waals surface area contributed by atoms with Gasteiger partial charge in [-0.05, 0) is 37.1 Å². The number of piperazine rings is 1. The highest BCUT2D eigenvalue weighted by atomic mass is 32.2. The van der Waals surface area contributed by atoms with Gasteiger partial charge in [-0.3, -0.25) is 0 Å². The van der Waals surface area contributed by atoms with E-state index in [1.54, 1.807) is 10.4 Å². The molecule has 2 aromatic carbocycles. The van der Waals surface area contributed by atoms with Gasteiger partial charge in [-0.15, -0.1) is 0 Å². The zero-order valence-corrected chi connectivity index (χ0v) is 19.1. The Morgan fingerprint density at radius 2 is 1.59 bits per heavy atom. The van der Waals surface area contributed by atoms with Gasteiger partial charge in [0.1, 0.15) is 17.5 Å². The number of benzene rings is 2. The van der Waals surface area contributed by atoms with E-state index in [4.69, 9.17) is 0 Å². The van der Waals surface area contributed by atoms with Crippen molar-refractivity contribution in [3.05, 3.63) is 88.6 Å². The summed E-state index contributed by atoms with van der Waals surface area (Å²) in [6, 6.07) is 15.8. The van der Waals surface area contributed by atoms with Crippen LogP contribution in [0.3, 0.4) is 0 Å². The molecule has 1 aliphatic heterocycles. The number of sulfonamides is 1. The molecule has 0 aliphatic carbocycles. The molecule has 3 aromatic rings. The number of nitrogens with zero attached hydrogens (tertiary/aromatic N) is 4. The highest BCUT2D eigenvalue weighted by Gasteiger charge is 2.29. The first kappa shape index (κ1) is 22.4. The first-order valence-corrected chi connectivity index (χ1v) is 12.3. The monoisotopic (exact) mass is 454 g/mol. The standard InChI is InChI=1S/C24H27FN4O2S/c1-18-23(16-21-9-6-10-22(25)15-21)24(27-19(2)26-18)28-11-13-29(14-12-28)32(30,31)17-20-7-4-3-5-8-20/h3-10,15H,11-14,16-17H2,1-2H3. The van der Waals surface area contributed by atoms with Crippen molar-refractivity contribution in [2.45, 2.75) is 26.0 Å². The average Bonchev–Trinajstić information content (AvgIpc) is 2.76. The Kier molecular flexibility index (Phi) is 6.53. The van der Waals surface area contributed by atoms with Gasteiger partial charge in [0, 0.05) is 43.9 Å². The molecule has 0 unspecified atom stereocenters. The molecule has 0 radical (unpaired) electrons. The maximum absolute atomic E-state index is 13.7. The van der Waals surface area contributed by atoms with Crippen LogP contribution in [0.4, 0.5) is 10.2 Å². The van der Waals surface area contributed by atoms with Crippen LogP contribution in [-0.4, -0.2) is 48.9 Å². The molecule has 8 heteroatoms. The smallest absolute Gasteiger partial charge is 0.218 e. The third-order valence-corrected chi connectivity index (χ3v) is 7.55. The van der Waals surface area contributed by atoms with Crippen LogP contribution in [-0.2, 0) is 22.2 Å². The van der Waals surface area contributed by atoms with Crippen molar-refractivity contribution in [3.63, 3.8) is 0 Å². The van der Waals surface area contributed by atoms with Gasteiger partial charge in [0.2, 0.25) is 10.0 Å². The van der Waals surface area contributed by atoms with Crippen LogP contribution in [0.2, 0.25) is 0 Å². The first-order valence-electron chi connectivity index (χ1n) is 10.7. The highest BCUT2D eigenvalue weighted by molar-refractivity contribution is 7.88. The van der Waals surface area contributed by atoms with E-state index in [1.165, 1.54) is 12.1 Å². The van der Waals surface area contributed by atoms with Gasteiger partial charge in [-0.2, -0.15) is 4.31 Å². The van der Waals surface area contributed by atoms with Crippen molar-refractivity contribution >= 4 is 15.8 Å². The summed E-state index contributed by atoms with van der Waals surface area (Å²) in [6.07, 6.45) is 0.520. The summed E-state index contributed by atoms with van der Waals surface area (Å²) in [4.78, 5) is 11.3. The first-order chi connectivity index (χ1) is 15.3. The molecule has 1 saturated heterocycles. The number of hydrogen-bond acceptors (Lipinski definition) is 5. The van der Waals surface area contributed by atoms with Crippen molar-refractivity contribution in [2.75, 3.05) is 31.1 Å². The van der Waals surface area contributed by atoms with Gasteiger partial charge in [-0.1, -0.05) is 42.5 Å². The molecule has 6 nitrogen and oxygen atoms in total.